The molecule has 2 unspecified atom stereocenters. The summed E-state index contributed by atoms with van der Waals surface area (Å²) < 4.78 is 26.5. The van der Waals surface area contributed by atoms with E-state index >= 15 is 0 Å². The summed E-state index contributed by atoms with van der Waals surface area (Å²) in [6.07, 6.45) is 0.205. The fraction of sp³-hybridized carbons (Fsp3) is 0.300. The standard InChI is InChI=1S/C20H20FN7O4/c1-11(22)19(29)31-10-14-9-28(20(30)32-14)13-4-5-15(16(21)7-13)12-3-6-17(23-8-12)18-24-25-26-27(18)2/h3-8,11,14H,9-10,22H2,1-2H3. The minimum absolute atomic E-state index is 0.117. The highest BCUT2D eigenvalue weighted by molar-refractivity contribution is 5.90. The first-order valence-electron chi connectivity index (χ1n) is 9.72. The Morgan fingerprint density at radius 2 is 2.19 bits per heavy atom. The van der Waals surface area contributed by atoms with Crippen molar-refractivity contribution in [1.82, 2.24) is 25.2 Å². The number of hydrogen-bond donors (Lipinski definition) is 1. The maximum atomic E-state index is 14.9. The average Bonchev–Trinajstić information content (AvgIpc) is 3.37. The van der Waals surface area contributed by atoms with Gasteiger partial charge in [0.2, 0.25) is 0 Å². The fourth-order valence-electron chi connectivity index (χ4n) is 3.16. The number of aromatic nitrogens is 5. The van der Waals surface area contributed by atoms with Gasteiger partial charge in [-0.05, 0) is 41.6 Å². The van der Waals surface area contributed by atoms with Crippen LogP contribution in [0.25, 0.3) is 22.6 Å². The van der Waals surface area contributed by atoms with Crippen molar-refractivity contribution in [1.29, 1.82) is 0 Å². The monoisotopic (exact) mass is 441 g/mol. The van der Waals surface area contributed by atoms with Gasteiger partial charge in [0.05, 0.1) is 12.2 Å². The minimum Gasteiger partial charge on any atom is -0.461 e. The Labute approximate surface area is 181 Å². The normalized spacial score (nSPS) is 16.7. The van der Waals surface area contributed by atoms with E-state index in [0.717, 1.165) is 0 Å². The van der Waals surface area contributed by atoms with Crippen LogP contribution in [0.15, 0.2) is 36.5 Å². The number of esters is 1. The van der Waals surface area contributed by atoms with E-state index in [0.29, 0.717) is 28.3 Å². The molecule has 12 heteroatoms. The molecule has 0 radical (unpaired) electrons. The number of halogens is 1. The lowest BCUT2D eigenvalue weighted by molar-refractivity contribution is -0.147. The number of hydrogen-bond acceptors (Lipinski definition) is 9. The number of ether oxygens (including phenoxy) is 2. The third-order valence-electron chi connectivity index (χ3n) is 4.85. The van der Waals surface area contributed by atoms with Crippen molar-refractivity contribution < 1.29 is 23.5 Å². The van der Waals surface area contributed by atoms with Gasteiger partial charge in [-0.2, -0.15) is 0 Å². The smallest absolute Gasteiger partial charge is 0.414 e. The molecular formula is C20H20FN7O4. The van der Waals surface area contributed by atoms with Crippen molar-refractivity contribution in [2.75, 3.05) is 18.1 Å². The second-order valence-corrected chi connectivity index (χ2v) is 7.26. The molecule has 1 aliphatic heterocycles. The van der Waals surface area contributed by atoms with Gasteiger partial charge in [0, 0.05) is 24.4 Å². The molecule has 0 saturated carbocycles. The minimum atomic E-state index is -0.773. The lowest BCUT2D eigenvalue weighted by Gasteiger charge is -2.14. The highest BCUT2D eigenvalue weighted by Gasteiger charge is 2.33. The topological polar surface area (TPSA) is 138 Å². The Hall–Kier alpha value is -3.93. The largest absolute Gasteiger partial charge is 0.461 e. The van der Waals surface area contributed by atoms with Crippen LogP contribution in [0.4, 0.5) is 14.9 Å². The van der Waals surface area contributed by atoms with Gasteiger partial charge in [0.25, 0.3) is 0 Å². The number of tetrazole rings is 1. The summed E-state index contributed by atoms with van der Waals surface area (Å²) in [6, 6.07) is 7.04. The molecule has 3 aromatic rings. The van der Waals surface area contributed by atoms with Crippen LogP contribution in [-0.2, 0) is 21.3 Å². The molecule has 32 heavy (non-hydrogen) atoms. The van der Waals surface area contributed by atoms with Gasteiger partial charge in [-0.1, -0.05) is 6.07 Å². The summed E-state index contributed by atoms with van der Waals surface area (Å²) >= 11 is 0. The first kappa shape index (κ1) is 21.3. The Balaban J connectivity index is 1.47. The van der Waals surface area contributed by atoms with Crippen LogP contribution in [0.2, 0.25) is 0 Å². The second-order valence-electron chi connectivity index (χ2n) is 7.26. The molecule has 0 spiro atoms. The van der Waals surface area contributed by atoms with Gasteiger partial charge in [-0.25, -0.2) is 13.9 Å². The summed E-state index contributed by atoms with van der Waals surface area (Å²) in [7, 11) is 1.69. The van der Waals surface area contributed by atoms with Crippen molar-refractivity contribution >= 4 is 17.7 Å². The molecular weight excluding hydrogens is 421 g/mol. The first-order chi connectivity index (χ1) is 15.3. The molecule has 0 bridgehead atoms. The van der Waals surface area contributed by atoms with Crippen LogP contribution in [0.3, 0.4) is 0 Å². The summed E-state index contributed by atoms with van der Waals surface area (Å²) in [5.74, 6) is -0.636. The quantitative estimate of drug-likeness (QED) is 0.561. The summed E-state index contributed by atoms with van der Waals surface area (Å²) in [5.41, 5.74) is 7.18. The highest BCUT2D eigenvalue weighted by Crippen LogP contribution is 2.29. The number of nitrogens with zero attached hydrogens (tertiary/aromatic N) is 6. The third-order valence-corrected chi connectivity index (χ3v) is 4.85. The van der Waals surface area contributed by atoms with E-state index in [9.17, 15) is 14.0 Å². The number of rotatable bonds is 6. The third kappa shape index (κ3) is 4.25. The van der Waals surface area contributed by atoms with Crippen LogP contribution < -0.4 is 10.6 Å². The van der Waals surface area contributed by atoms with Crippen LogP contribution in [0, 0.1) is 5.82 Å². The lowest BCUT2D eigenvalue weighted by atomic mass is 10.1. The van der Waals surface area contributed by atoms with E-state index in [1.165, 1.54) is 28.8 Å². The predicted octanol–water partition coefficient (Wildman–Crippen LogP) is 1.29. The van der Waals surface area contributed by atoms with Gasteiger partial charge in [-0.3, -0.25) is 14.7 Å². The van der Waals surface area contributed by atoms with Crippen molar-refractivity contribution in [2.45, 2.75) is 19.1 Å². The maximum Gasteiger partial charge on any atom is 0.414 e. The van der Waals surface area contributed by atoms with Crippen LogP contribution >= 0.6 is 0 Å². The van der Waals surface area contributed by atoms with E-state index in [2.05, 4.69) is 20.5 Å². The number of carbonyl (C=O) groups is 2. The Morgan fingerprint density at radius 1 is 1.38 bits per heavy atom. The van der Waals surface area contributed by atoms with Crippen LogP contribution in [0.1, 0.15) is 6.92 Å². The molecule has 1 aliphatic rings. The molecule has 4 rings (SSSR count). The van der Waals surface area contributed by atoms with Crippen molar-refractivity contribution in [2.24, 2.45) is 12.8 Å². The van der Waals surface area contributed by atoms with E-state index in [1.54, 1.807) is 31.3 Å². The molecule has 0 aliphatic carbocycles. The number of anilines is 1. The molecule has 166 valence electrons. The molecule has 2 N–H and O–H groups in total. The number of nitrogens with two attached hydrogens (primary N) is 1. The summed E-state index contributed by atoms with van der Waals surface area (Å²) in [4.78, 5) is 29.3. The Bertz CT molecular complexity index is 1150. The van der Waals surface area contributed by atoms with E-state index in [1.807, 2.05) is 0 Å². The van der Waals surface area contributed by atoms with Gasteiger partial charge in [-0.15, -0.1) is 5.10 Å². The number of amides is 1. The SMILES string of the molecule is CC(N)C(=O)OCC1CN(c2ccc(-c3ccc(-c4nnnn4C)nc3)c(F)c2)C(=O)O1. The highest BCUT2D eigenvalue weighted by atomic mass is 19.1. The second kappa shape index (κ2) is 8.67. The summed E-state index contributed by atoms with van der Waals surface area (Å²) in [5, 5.41) is 11.2. The van der Waals surface area contributed by atoms with Crippen molar-refractivity contribution in [3.8, 4) is 22.6 Å². The van der Waals surface area contributed by atoms with Crippen LogP contribution in [-0.4, -0.2) is 62.6 Å². The molecule has 11 nitrogen and oxygen atoms in total. The Morgan fingerprint density at radius 3 is 2.81 bits per heavy atom. The van der Waals surface area contributed by atoms with Gasteiger partial charge < -0.3 is 15.2 Å². The molecule has 1 fully saturated rings. The molecule has 1 amide bonds. The zero-order chi connectivity index (χ0) is 22.8. The number of cyclic esters (lactones) is 1. The molecule has 3 heterocycles. The number of carbonyl (C=O) groups excluding carboxylic acids is 2. The van der Waals surface area contributed by atoms with E-state index < -0.39 is 30.0 Å². The number of aryl methyl sites for hydroxylation is 1. The van der Waals surface area contributed by atoms with Gasteiger partial charge in [0.15, 0.2) is 11.9 Å². The molecule has 1 aromatic carbocycles. The van der Waals surface area contributed by atoms with Crippen molar-refractivity contribution in [3.05, 3.63) is 42.3 Å². The summed E-state index contributed by atoms with van der Waals surface area (Å²) in [6.45, 7) is 1.49. The molecule has 1 saturated heterocycles. The number of benzene rings is 1. The van der Waals surface area contributed by atoms with E-state index in [-0.39, 0.29) is 13.2 Å². The first-order valence-corrected chi connectivity index (χ1v) is 9.72. The fourth-order valence-corrected chi connectivity index (χ4v) is 3.16. The average molecular weight is 441 g/mol. The number of pyridine rings is 1. The van der Waals surface area contributed by atoms with Crippen molar-refractivity contribution in [3.63, 3.8) is 0 Å². The van der Waals surface area contributed by atoms with E-state index in [4.69, 9.17) is 15.2 Å². The van der Waals surface area contributed by atoms with Gasteiger partial charge in [0.1, 0.15) is 24.2 Å². The van der Waals surface area contributed by atoms with Gasteiger partial charge >= 0.3 is 12.1 Å². The van der Waals surface area contributed by atoms with Crippen LogP contribution in [0.5, 0.6) is 0 Å². The Kier molecular flexibility index (Phi) is 5.77. The zero-order valence-corrected chi connectivity index (χ0v) is 17.3. The predicted molar refractivity (Wildman–Crippen MR) is 110 cm³/mol. The molecule has 2 atom stereocenters. The lowest BCUT2D eigenvalue weighted by Crippen LogP contribution is -2.32. The maximum absolute atomic E-state index is 14.9. The zero-order valence-electron chi connectivity index (χ0n) is 17.3. The molecule has 2 aromatic heterocycles.